The Hall–Kier alpha value is -1.90. The first-order valence-corrected chi connectivity index (χ1v) is 9.59. The molecule has 0 aromatic heterocycles. The number of phenols is 1. The summed E-state index contributed by atoms with van der Waals surface area (Å²) in [5.74, 6) is -1.10. The number of phenolic OH excluding ortho intramolecular Hbond substituents is 1. The van der Waals surface area contributed by atoms with Gasteiger partial charge in [0.2, 0.25) is 16.3 Å². The number of amides is 4. The van der Waals surface area contributed by atoms with E-state index in [1.165, 1.54) is 12.1 Å². The van der Waals surface area contributed by atoms with Crippen LogP contribution >= 0.6 is 0 Å². The Balaban J connectivity index is 0.00000300. The standard InChI is InChI=1S/C15H18N4O8S.Na/c20-11-4-1-9(2-5-11)7-13(21)16-17-14(22)12-6-3-10-8-18(12)15(23)19(10)27-28(24,25)26;/h1-2,4-5,10,12,20H,3,6-8H2,(H,16,21)(H,17,22)(H,24,25,26);/q;+1/p-1/t10-,12+;/m1./s1. The molecule has 0 aliphatic carbocycles. The fourth-order valence-electron chi connectivity index (χ4n) is 3.16. The summed E-state index contributed by atoms with van der Waals surface area (Å²) in [6, 6.07) is 3.46. The van der Waals surface area contributed by atoms with Crippen LogP contribution in [0.25, 0.3) is 0 Å². The summed E-state index contributed by atoms with van der Waals surface area (Å²) < 4.78 is 36.4. The van der Waals surface area contributed by atoms with Crippen LogP contribution in [-0.4, -0.2) is 64.5 Å². The Bertz CT molecular complexity index is 894. The molecule has 2 atom stereocenters. The van der Waals surface area contributed by atoms with Crippen molar-refractivity contribution >= 4 is 28.2 Å². The van der Waals surface area contributed by atoms with E-state index in [2.05, 4.69) is 15.1 Å². The fourth-order valence-corrected chi connectivity index (χ4v) is 3.54. The van der Waals surface area contributed by atoms with Crippen molar-refractivity contribution in [1.29, 1.82) is 0 Å². The van der Waals surface area contributed by atoms with Crippen LogP contribution in [0.5, 0.6) is 5.75 Å². The van der Waals surface area contributed by atoms with Crippen LogP contribution < -0.4 is 40.4 Å². The quantitative estimate of drug-likeness (QED) is 0.180. The minimum absolute atomic E-state index is 0. The Morgan fingerprint density at radius 2 is 1.86 bits per heavy atom. The molecule has 0 saturated carbocycles. The summed E-state index contributed by atoms with van der Waals surface area (Å²) in [7, 11) is -5.12. The Labute approximate surface area is 188 Å². The van der Waals surface area contributed by atoms with Gasteiger partial charge in [0.1, 0.15) is 11.8 Å². The predicted molar refractivity (Wildman–Crippen MR) is 89.6 cm³/mol. The second-order valence-corrected chi connectivity index (χ2v) is 7.34. The van der Waals surface area contributed by atoms with Gasteiger partial charge in [-0.3, -0.25) is 20.4 Å². The third-order valence-corrected chi connectivity index (χ3v) is 4.77. The number of benzene rings is 1. The van der Waals surface area contributed by atoms with Gasteiger partial charge in [-0.05, 0) is 30.5 Å². The van der Waals surface area contributed by atoms with E-state index in [0.717, 1.165) is 4.90 Å². The van der Waals surface area contributed by atoms with Gasteiger partial charge >= 0.3 is 35.6 Å². The SMILES string of the molecule is O=C(Cc1ccc(O)cc1)NNC(=O)[C@@H]1CC[C@@H]2CN1C(=O)N2OS(=O)(=O)[O-].[Na+]. The number of aromatic hydroxyl groups is 1. The largest absolute Gasteiger partial charge is 1.00 e. The van der Waals surface area contributed by atoms with Gasteiger partial charge < -0.3 is 14.6 Å². The normalized spacial score (nSPS) is 20.8. The monoisotopic (exact) mass is 436 g/mol. The number of nitrogens with zero attached hydrogens (tertiary/aromatic N) is 2. The molecule has 1 aromatic rings. The number of fused-ring (bicyclic) bond motifs is 2. The van der Waals surface area contributed by atoms with Crippen LogP contribution in [0.4, 0.5) is 4.79 Å². The first-order chi connectivity index (χ1) is 13.1. The van der Waals surface area contributed by atoms with E-state index in [4.69, 9.17) is 0 Å². The van der Waals surface area contributed by atoms with Gasteiger partial charge in [0.25, 0.3) is 5.91 Å². The maximum atomic E-state index is 12.3. The van der Waals surface area contributed by atoms with Gasteiger partial charge in [0, 0.05) is 6.54 Å². The molecule has 2 bridgehead atoms. The van der Waals surface area contributed by atoms with Gasteiger partial charge in [-0.2, -0.15) is 9.35 Å². The molecule has 29 heavy (non-hydrogen) atoms. The molecule has 0 radical (unpaired) electrons. The second kappa shape index (κ2) is 9.28. The number of hydrogen-bond donors (Lipinski definition) is 3. The van der Waals surface area contributed by atoms with Gasteiger partial charge in [0.15, 0.2) is 0 Å². The van der Waals surface area contributed by atoms with Crippen molar-refractivity contribution < 1.29 is 66.3 Å². The van der Waals surface area contributed by atoms with Gasteiger partial charge in [0.05, 0.1) is 12.5 Å². The Morgan fingerprint density at radius 3 is 2.48 bits per heavy atom. The number of hydrogen-bond acceptors (Lipinski definition) is 8. The molecule has 2 aliphatic rings. The molecule has 2 heterocycles. The number of nitrogens with one attached hydrogen (secondary N) is 2. The van der Waals surface area contributed by atoms with Crippen molar-refractivity contribution in [1.82, 2.24) is 20.8 Å². The van der Waals surface area contributed by atoms with Crippen LogP contribution in [0.1, 0.15) is 18.4 Å². The van der Waals surface area contributed by atoms with Crippen LogP contribution in [0.2, 0.25) is 0 Å². The third-order valence-electron chi connectivity index (χ3n) is 4.42. The number of rotatable bonds is 5. The first kappa shape index (κ1) is 23.4. The zero-order valence-corrected chi connectivity index (χ0v) is 18.2. The summed E-state index contributed by atoms with van der Waals surface area (Å²) in [5, 5.41) is 9.68. The molecular weight excluding hydrogens is 419 g/mol. The van der Waals surface area contributed by atoms with Gasteiger partial charge in [-0.1, -0.05) is 12.1 Å². The van der Waals surface area contributed by atoms with Crippen LogP contribution in [0.3, 0.4) is 0 Å². The Morgan fingerprint density at radius 1 is 1.21 bits per heavy atom. The van der Waals surface area contributed by atoms with Crippen LogP contribution in [0.15, 0.2) is 24.3 Å². The third kappa shape index (κ3) is 5.81. The summed E-state index contributed by atoms with van der Waals surface area (Å²) in [5.41, 5.74) is 5.08. The average molecular weight is 436 g/mol. The summed E-state index contributed by atoms with van der Waals surface area (Å²) in [6.45, 7) is 0.0217. The molecule has 2 saturated heterocycles. The molecule has 3 N–H and O–H groups in total. The molecule has 4 amide bonds. The van der Waals surface area contributed by atoms with E-state index in [0.29, 0.717) is 10.6 Å². The van der Waals surface area contributed by atoms with Crippen molar-refractivity contribution in [2.75, 3.05) is 6.54 Å². The van der Waals surface area contributed by atoms with E-state index < -0.39 is 40.3 Å². The van der Waals surface area contributed by atoms with E-state index in [-0.39, 0.29) is 61.1 Å². The molecule has 152 valence electrons. The number of piperidine rings is 1. The number of hydroxylamine groups is 2. The summed E-state index contributed by atoms with van der Waals surface area (Å²) >= 11 is 0. The van der Waals surface area contributed by atoms with Gasteiger partial charge in [-0.25, -0.2) is 13.2 Å². The average Bonchev–Trinajstić information content (AvgIpc) is 2.85. The molecule has 2 aliphatic heterocycles. The number of urea groups is 1. The van der Waals surface area contributed by atoms with E-state index >= 15 is 0 Å². The molecule has 2 fully saturated rings. The summed E-state index contributed by atoms with van der Waals surface area (Å²) in [4.78, 5) is 37.6. The zero-order valence-electron chi connectivity index (χ0n) is 15.4. The molecule has 3 rings (SSSR count). The van der Waals surface area contributed by atoms with Crippen molar-refractivity contribution in [2.45, 2.75) is 31.3 Å². The molecule has 0 spiro atoms. The molecule has 1 aromatic carbocycles. The van der Waals surface area contributed by atoms with Crippen molar-refractivity contribution in [3.63, 3.8) is 0 Å². The Kier molecular flexibility index (Phi) is 7.48. The minimum atomic E-state index is -5.12. The van der Waals surface area contributed by atoms with E-state index in [1.807, 2.05) is 0 Å². The number of carbonyl (C=O) groups is 3. The molecule has 0 unspecified atom stereocenters. The zero-order chi connectivity index (χ0) is 20.5. The van der Waals surface area contributed by atoms with Gasteiger partial charge in [-0.15, -0.1) is 0 Å². The van der Waals surface area contributed by atoms with Crippen molar-refractivity contribution in [2.24, 2.45) is 0 Å². The second-order valence-electron chi connectivity index (χ2n) is 6.37. The summed E-state index contributed by atoms with van der Waals surface area (Å²) in [6.07, 6.45) is 0.408. The van der Waals surface area contributed by atoms with E-state index in [1.54, 1.807) is 12.1 Å². The predicted octanol–water partition coefficient (Wildman–Crippen LogP) is -4.25. The topological polar surface area (TPSA) is 168 Å². The van der Waals surface area contributed by atoms with E-state index in [9.17, 15) is 32.5 Å². The smallest absolute Gasteiger partial charge is 0.724 e. The van der Waals surface area contributed by atoms with Crippen LogP contribution in [-0.2, 0) is 30.7 Å². The first-order valence-electron chi connectivity index (χ1n) is 8.26. The maximum Gasteiger partial charge on any atom is 1.00 e. The molecule has 12 nitrogen and oxygen atoms in total. The van der Waals surface area contributed by atoms with Crippen molar-refractivity contribution in [3.05, 3.63) is 29.8 Å². The molecular formula is C15H17N4NaO8S. The number of carbonyl (C=O) groups excluding carboxylic acids is 3. The minimum Gasteiger partial charge on any atom is -0.724 e. The maximum absolute atomic E-state index is 12.3. The van der Waals surface area contributed by atoms with Crippen LogP contribution in [0, 0.1) is 0 Å². The fraction of sp³-hybridized carbons (Fsp3) is 0.400. The number of hydrazine groups is 1. The molecule has 14 heteroatoms. The van der Waals surface area contributed by atoms with Crippen molar-refractivity contribution in [3.8, 4) is 5.75 Å².